The van der Waals surface area contributed by atoms with Crippen LogP contribution in [0.15, 0.2) is 0 Å². The maximum atomic E-state index is 15.0. The molecule has 6 unspecified atom stereocenters. The molecule has 0 radical (unpaired) electrons. The highest BCUT2D eigenvalue weighted by Crippen LogP contribution is 2.48. The molecule has 0 aliphatic carbocycles. The molecule has 0 bridgehead atoms. The third-order valence-corrected chi connectivity index (χ3v) is 5.64. The molecule has 0 aromatic heterocycles. The van der Waals surface area contributed by atoms with E-state index in [0.29, 0.717) is 0 Å². The highest BCUT2D eigenvalue weighted by atomic mass is 19.4. The number of rotatable bonds is 5. The van der Waals surface area contributed by atoms with Gasteiger partial charge in [-0.15, -0.1) is 0 Å². The van der Waals surface area contributed by atoms with Gasteiger partial charge in [0.15, 0.2) is 18.2 Å². The van der Waals surface area contributed by atoms with Crippen molar-refractivity contribution >= 4 is 0 Å². The maximum absolute atomic E-state index is 15.0. The molecule has 37 heavy (non-hydrogen) atoms. The van der Waals surface area contributed by atoms with Gasteiger partial charge in [0.25, 0.3) is 12.1 Å². The quantitative estimate of drug-likeness (QED) is 0.356. The fraction of sp³-hybridized carbons (Fsp3) is 1.00. The second-order valence-electron chi connectivity index (χ2n) is 8.39. The van der Waals surface area contributed by atoms with Crippen molar-refractivity contribution in [2.24, 2.45) is 0 Å². The Labute approximate surface area is 195 Å². The SMILES string of the molecule is FC(C(F)(F)F)C(F)(F)C1CCCC(C(F)(F)C(N2CC(C(F)(F)F)OC(C(F)(F)F)C2)C(F)(F)F)O1. The van der Waals surface area contributed by atoms with Crippen LogP contribution >= 0.6 is 0 Å². The standard InChI is InChI=1S/C17H16F17NO2/c18-10(16(29,30)31)12(19,20)6-2-1-3-7(36-6)13(21,22)11(17(32,33)34)35-4-8(14(23,24)25)37-9(5-35)15(26,27)28/h6-11H,1-5H2. The summed E-state index contributed by atoms with van der Waals surface area (Å²) in [5, 5.41) is 0. The van der Waals surface area contributed by atoms with E-state index in [0.717, 1.165) is 0 Å². The molecule has 0 saturated carbocycles. The minimum atomic E-state index is -6.31. The fourth-order valence-corrected chi connectivity index (χ4v) is 3.97. The van der Waals surface area contributed by atoms with Gasteiger partial charge in [0.05, 0.1) is 0 Å². The molecule has 2 fully saturated rings. The van der Waals surface area contributed by atoms with Crippen LogP contribution in [-0.4, -0.2) is 91.2 Å². The highest BCUT2D eigenvalue weighted by Gasteiger charge is 2.68. The summed E-state index contributed by atoms with van der Waals surface area (Å²) in [6.45, 7) is -4.38. The van der Waals surface area contributed by atoms with E-state index >= 15 is 8.78 Å². The van der Waals surface area contributed by atoms with Crippen molar-refractivity contribution in [3.05, 3.63) is 0 Å². The smallest absolute Gasteiger partial charge is 0.362 e. The molecule has 6 atom stereocenters. The second-order valence-corrected chi connectivity index (χ2v) is 8.39. The minimum absolute atomic E-state index is 0.946. The van der Waals surface area contributed by atoms with Crippen LogP contribution < -0.4 is 0 Å². The summed E-state index contributed by atoms with van der Waals surface area (Å²) >= 11 is 0. The molecule has 2 rings (SSSR count). The molecule has 2 aliphatic heterocycles. The molecule has 220 valence electrons. The Morgan fingerprint density at radius 1 is 0.541 bits per heavy atom. The summed E-state index contributed by atoms with van der Waals surface area (Å²) in [7, 11) is 0. The molecule has 2 heterocycles. The van der Waals surface area contributed by atoms with Gasteiger partial charge in [0.2, 0.25) is 0 Å². The number of alkyl halides is 17. The zero-order chi connectivity index (χ0) is 29.0. The number of morpholine rings is 1. The number of ether oxygens (including phenoxy) is 2. The van der Waals surface area contributed by atoms with E-state index in [9.17, 15) is 65.9 Å². The Morgan fingerprint density at radius 3 is 1.27 bits per heavy atom. The third kappa shape index (κ3) is 7.02. The van der Waals surface area contributed by atoms with Gasteiger partial charge in [-0.3, -0.25) is 4.90 Å². The lowest BCUT2D eigenvalue weighted by Crippen LogP contribution is -2.68. The van der Waals surface area contributed by atoms with Gasteiger partial charge in [-0.1, -0.05) is 0 Å². The van der Waals surface area contributed by atoms with Gasteiger partial charge in [-0.25, -0.2) is 22.0 Å². The summed E-state index contributed by atoms with van der Waals surface area (Å²) in [5.74, 6) is -11.1. The first kappa shape index (κ1) is 31.9. The first-order valence-electron chi connectivity index (χ1n) is 10.0. The van der Waals surface area contributed by atoms with Crippen molar-refractivity contribution in [2.45, 2.75) is 92.4 Å². The molecular weight excluding hydrogens is 573 g/mol. The first-order chi connectivity index (χ1) is 16.3. The Bertz CT molecular complexity index is 752. The average molecular weight is 589 g/mol. The topological polar surface area (TPSA) is 21.7 Å². The van der Waals surface area contributed by atoms with Crippen molar-refractivity contribution in [1.29, 1.82) is 0 Å². The van der Waals surface area contributed by atoms with Crippen LogP contribution in [0.3, 0.4) is 0 Å². The van der Waals surface area contributed by atoms with Crippen molar-refractivity contribution in [2.75, 3.05) is 13.1 Å². The molecule has 0 N–H and O–H groups in total. The van der Waals surface area contributed by atoms with Crippen LogP contribution in [0.5, 0.6) is 0 Å². The molecule has 20 heteroatoms. The number of nitrogens with zero attached hydrogens (tertiary/aromatic N) is 1. The van der Waals surface area contributed by atoms with Gasteiger partial charge < -0.3 is 9.47 Å². The summed E-state index contributed by atoms with van der Waals surface area (Å²) < 4.78 is 235. The van der Waals surface area contributed by atoms with Crippen LogP contribution in [0.1, 0.15) is 19.3 Å². The lowest BCUT2D eigenvalue weighted by Gasteiger charge is -2.47. The Hall–Kier alpha value is -1.31. The first-order valence-corrected chi connectivity index (χ1v) is 10.0. The summed E-state index contributed by atoms with van der Waals surface area (Å²) in [5.41, 5.74) is 0. The van der Waals surface area contributed by atoms with Gasteiger partial charge in [-0.05, 0) is 19.3 Å². The molecule has 0 spiro atoms. The van der Waals surface area contributed by atoms with E-state index in [4.69, 9.17) is 0 Å². The zero-order valence-electron chi connectivity index (χ0n) is 17.7. The van der Waals surface area contributed by atoms with E-state index < -0.39 is 110 Å². The van der Waals surface area contributed by atoms with Crippen LogP contribution in [-0.2, 0) is 9.47 Å². The van der Waals surface area contributed by atoms with Crippen LogP contribution in [0.25, 0.3) is 0 Å². The Morgan fingerprint density at radius 2 is 0.919 bits per heavy atom. The highest BCUT2D eigenvalue weighted by molar-refractivity contribution is 5.02. The van der Waals surface area contributed by atoms with Crippen LogP contribution in [0, 0.1) is 0 Å². The second kappa shape index (κ2) is 10.0. The number of hydrogen-bond acceptors (Lipinski definition) is 3. The third-order valence-electron chi connectivity index (χ3n) is 5.64. The summed E-state index contributed by atoms with van der Waals surface area (Å²) in [4.78, 5) is -0.946. The van der Waals surface area contributed by atoms with Crippen molar-refractivity contribution < 1.29 is 84.1 Å². The lowest BCUT2D eigenvalue weighted by atomic mass is 9.90. The largest absolute Gasteiger partial charge is 0.425 e. The molecule has 2 aliphatic rings. The van der Waals surface area contributed by atoms with Gasteiger partial charge in [-0.2, -0.15) is 52.7 Å². The number of hydrogen-bond donors (Lipinski definition) is 0. The Balaban J connectivity index is 2.44. The van der Waals surface area contributed by atoms with Crippen LogP contribution in [0.4, 0.5) is 74.6 Å². The predicted molar refractivity (Wildman–Crippen MR) is 85.5 cm³/mol. The molecule has 0 aromatic rings. The molecular formula is C17H16F17NO2. The molecule has 0 aromatic carbocycles. The van der Waals surface area contributed by atoms with E-state index in [1.165, 1.54) is 0 Å². The Kier molecular flexibility index (Phi) is 8.64. The summed E-state index contributed by atoms with van der Waals surface area (Å²) in [6.07, 6.45) is -46.4. The van der Waals surface area contributed by atoms with Crippen LogP contribution in [0.2, 0.25) is 0 Å². The maximum Gasteiger partial charge on any atom is 0.425 e. The minimum Gasteiger partial charge on any atom is -0.362 e. The van der Waals surface area contributed by atoms with E-state index in [1.807, 2.05) is 0 Å². The monoisotopic (exact) mass is 589 g/mol. The van der Waals surface area contributed by atoms with Crippen molar-refractivity contribution in [3.8, 4) is 0 Å². The molecule has 2 saturated heterocycles. The van der Waals surface area contributed by atoms with Gasteiger partial charge in [0, 0.05) is 13.1 Å². The van der Waals surface area contributed by atoms with E-state index in [2.05, 4.69) is 9.47 Å². The molecule has 3 nitrogen and oxygen atoms in total. The van der Waals surface area contributed by atoms with Crippen molar-refractivity contribution in [3.63, 3.8) is 0 Å². The van der Waals surface area contributed by atoms with Gasteiger partial charge >= 0.3 is 30.6 Å². The van der Waals surface area contributed by atoms with E-state index in [-0.39, 0.29) is 0 Å². The lowest BCUT2D eigenvalue weighted by molar-refractivity contribution is -0.342. The predicted octanol–water partition coefficient (Wildman–Crippen LogP) is 6.22. The summed E-state index contributed by atoms with van der Waals surface area (Å²) in [6, 6.07) is -4.50. The number of halogens is 17. The normalized spacial score (nSPS) is 29.8. The average Bonchev–Trinajstić information content (AvgIpc) is 2.70. The molecule has 0 amide bonds. The van der Waals surface area contributed by atoms with E-state index in [1.54, 1.807) is 0 Å². The zero-order valence-corrected chi connectivity index (χ0v) is 17.7. The van der Waals surface area contributed by atoms with Crippen molar-refractivity contribution in [1.82, 2.24) is 4.90 Å². The van der Waals surface area contributed by atoms with Gasteiger partial charge in [0.1, 0.15) is 12.2 Å². The fourth-order valence-electron chi connectivity index (χ4n) is 3.97.